The lowest BCUT2D eigenvalue weighted by molar-refractivity contribution is -0.146. The Morgan fingerprint density at radius 2 is 2.11 bits per heavy atom. The largest absolute Gasteiger partial charge is 0.468 e. The van der Waals surface area contributed by atoms with Crippen LogP contribution in [0.25, 0.3) is 0 Å². The average Bonchev–Trinajstić information content (AvgIpc) is 2.41. The van der Waals surface area contributed by atoms with Crippen LogP contribution in [0.3, 0.4) is 0 Å². The molecule has 0 unspecified atom stereocenters. The summed E-state index contributed by atoms with van der Waals surface area (Å²) in [6.45, 7) is 2.33. The van der Waals surface area contributed by atoms with Crippen LogP contribution in [0.15, 0.2) is 24.3 Å². The van der Waals surface area contributed by atoms with Crippen molar-refractivity contribution in [1.82, 2.24) is 4.90 Å². The number of amides is 1. The summed E-state index contributed by atoms with van der Waals surface area (Å²) in [7, 11) is 1.31. The lowest BCUT2D eigenvalue weighted by atomic mass is 10.1. The lowest BCUT2D eigenvalue weighted by Crippen LogP contribution is -2.36. The zero-order valence-corrected chi connectivity index (χ0v) is 11.4. The fraction of sp³-hybridized carbons (Fsp3) is 0.429. The van der Waals surface area contributed by atoms with E-state index in [9.17, 15) is 9.59 Å². The van der Waals surface area contributed by atoms with Crippen molar-refractivity contribution >= 4 is 17.6 Å². The van der Waals surface area contributed by atoms with Gasteiger partial charge >= 0.3 is 5.97 Å². The Hall–Kier alpha value is -2.04. The molecule has 0 aliphatic carbocycles. The molecule has 0 aromatic heterocycles. The van der Waals surface area contributed by atoms with E-state index in [0.29, 0.717) is 25.1 Å². The number of benzene rings is 1. The second-order valence-electron chi connectivity index (χ2n) is 4.23. The minimum Gasteiger partial charge on any atom is -0.468 e. The van der Waals surface area contributed by atoms with Gasteiger partial charge in [-0.25, -0.2) is 0 Å². The van der Waals surface area contributed by atoms with E-state index in [1.165, 1.54) is 12.0 Å². The summed E-state index contributed by atoms with van der Waals surface area (Å²) in [6, 6.07) is 7.45. The van der Waals surface area contributed by atoms with Gasteiger partial charge < -0.3 is 15.4 Å². The van der Waals surface area contributed by atoms with E-state index in [1.54, 1.807) is 6.07 Å². The highest BCUT2D eigenvalue weighted by Gasteiger charge is 2.15. The van der Waals surface area contributed by atoms with E-state index in [2.05, 4.69) is 4.74 Å². The maximum Gasteiger partial charge on any atom is 0.325 e. The normalized spacial score (nSPS) is 10.0. The predicted molar refractivity (Wildman–Crippen MR) is 73.4 cm³/mol. The minimum absolute atomic E-state index is 0.00274. The Bertz CT molecular complexity index is 446. The van der Waals surface area contributed by atoms with Gasteiger partial charge in [-0.15, -0.1) is 0 Å². The Balaban J connectivity index is 2.51. The number of carbonyl (C=O) groups excluding carboxylic acids is 2. The number of methoxy groups -OCH3 is 1. The summed E-state index contributed by atoms with van der Waals surface area (Å²) in [5.74, 6) is -0.463. The second-order valence-corrected chi connectivity index (χ2v) is 4.23. The standard InChI is InChI=1S/C14H20N2O3/c1-3-16(10-14(18)19-2)13(17)8-7-11-5-4-6-12(15)9-11/h4-6,9H,3,7-8,10,15H2,1-2H3. The first kappa shape index (κ1) is 15.0. The van der Waals surface area contributed by atoms with E-state index in [4.69, 9.17) is 5.73 Å². The molecule has 2 N–H and O–H groups in total. The van der Waals surface area contributed by atoms with Gasteiger partial charge in [0.1, 0.15) is 6.54 Å². The number of anilines is 1. The summed E-state index contributed by atoms with van der Waals surface area (Å²) in [4.78, 5) is 24.6. The van der Waals surface area contributed by atoms with Gasteiger partial charge in [-0.1, -0.05) is 12.1 Å². The van der Waals surface area contributed by atoms with Crippen molar-refractivity contribution in [3.63, 3.8) is 0 Å². The molecule has 0 bridgehead atoms. The first-order valence-corrected chi connectivity index (χ1v) is 6.25. The topological polar surface area (TPSA) is 72.6 Å². The van der Waals surface area contributed by atoms with Gasteiger partial charge in [0, 0.05) is 18.7 Å². The quantitative estimate of drug-likeness (QED) is 0.619. The third kappa shape index (κ3) is 4.99. The predicted octanol–water partition coefficient (Wildman–Crippen LogP) is 1.22. The van der Waals surface area contributed by atoms with Gasteiger partial charge in [-0.2, -0.15) is 0 Å². The van der Waals surface area contributed by atoms with Gasteiger partial charge in [0.15, 0.2) is 0 Å². The van der Waals surface area contributed by atoms with Crippen LogP contribution in [0.1, 0.15) is 18.9 Å². The van der Waals surface area contributed by atoms with Crippen LogP contribution >= 0.6 is 0 Å². The summed E-state index contributed by atoms with van der Waals surface area (Å²) >= 11 is 0. The van der Waals surface area contributed by atoms with Crippen molar-refractivity contribution in [2.45, 2.75) is 19.8 Å². The number of likely N-dealkylation sites (N-methyl/N-ethyl adjacent to an activating group) is 1. The van der Waals surface area contributed by atoms with Crippen LogP contribution in [0.2, 0.25) is 0 Å². The molecule has 5 heteroatoms. The average molecular weight is 264 g/mol. The molecule has 0 radical (unpaired) electrons. The van der Waals surface area contributed by atoms with Crippen LogP contribution in [0.4, 0.5) is 5.69 Å². The van der Waals surface area contributed by atoms with E-state index in [0.717, 1.165) is 5.56 Å². The number of ether oxygens (including phenoxy) is 1. The van der Waals surface area contributed by atoms with Gasteiger partial charge in [-0.05, 0) is 31.0 Å². The Kier molecular flexibility index (Phi) is 5.85. The maximum absolute atomic E-state index is 12.0. The maximum atomic E-state index is 12.0. The second kappa shape index (κ2) is 7.41. The molecule has 5 nitrogen and oxygen atoms in total. The van der Waals surface area contributed by atoms with Crippen molar-refractivity contribution in [2.75, 3.05) is 25.9 Å². The first-order chi connectivity index (χ1) is 9.06. The Morgan fingerprint density at radius 3 is 2.68 bits per heavy atom. The SMILES string of the molecule is CCN(CC(=O)OC)C(=O)CCc1cccc(N)c1. The molecular formula is C14H20N2O3. The highest BCUT2D eigenvalue weighted by atomic mass is 16.5. The molecule has 0 heterocycles. The van der Waals surface area contributed by atoms with E-state index in [1.807, 2.05) is 25.1 Å². The van der Waals surface area contributed by atoms with Gasteiger partial charge in [0.25, 0.3) is 0 Å². The fourth-order valence-electron chi connectivity index (χ4n) is 1.75. The molecule has 1 rings (SSSR count). The summed E-state index contributed by atoms with van der Waals surface area (Å²) in [5, 5.41) is 0. The van der Waals surface area contributed by atoms with Crippen LogP contribution < -0.4 is 5.73 Å². The van der Waals surface area contributed by atoms with E-state index >= 15 is 0 Å². The molecule has 0 spiro atoms. The number of carbonyl (C=O) groups is 2. The summed E-state index contributed by atoms with van der Waals surface area (Å²) < 4.78 is 4.56. The zero-order valence-electron chi connectivity index (χ0n) is 11.4. The molecule has 0 saturated carbocycles. The highest BCUT2D eigenvalue weighted by Crippen LogP contribution is 2.09. The molecule has 19 heavy (non-hydrogen) atoms. The van der Waals surface area contributed by atoms with Crippen LogP contribution in [-0.4, -0.2) is 37.0 Å². The molecule has 1 aromatic rings. The number of esters is 1. The number of aryl methyl sites for hydroxylation is 1. The number of nitrogen functional groups attached to an aromatic ring is 1. The van der Waals surface area contributed by atoms with E-state index in [-0.39, 0.29) is 12.5 Å². The number of hydrogen-bond donors (Lipinski definition) is 1. The fourth-order valence-corrected chi connectivity index (χ4v) is 1.75. The van der Waals surface area contributed by atoms with E-state index < -0.39 is 5.97 Å². The number of rotatable bonds is 6. The van der Waals surface area contributed by atoms with Gasteiger partial charge in [0.2, 0.25) is 5.91 Å². The van der Waals surface area contributed by atoms with Crippen molar-refractivity contribution in [3.8, 4) is 0 Å². The zero-order chi connectivity index (χ0) is 14.3. The molecule has 0 aliphatic heterocycles. The molecule has 0 saturated heterocycles. The molecule has 0 aliphatic rings. The molecule has 1 aromatic carbocycles. The van der Waals surface area contributed by atoms with Gasteiger partial charge in [-0.3, -0.25) is 9.59 Å². The third-order valence-corrected chi connectivity index (χ3v) is 2.86. The number of nitrogens with two attached hydrogens (primary N) is 1. The Morgan fingerprint density at radius 1 is 1.37 bits per heavy atom. The van der Waals surface area contributed by atoms with Crippen LogP contribution in [-0.2, 0) is 20.7 Å². The van der Waals surface area contributed by atoms with Crippen molar-refractivity contribution in [2.24, 2.45) is 0 Å². The molecular weight excluding hydrogens is 244 g/mol. The molecule has 104 valence electrons. The molecule has 0 atom stereocenters. The minimum atomic E-state index is -0.404. The summed E-state index contributed by atoms with van der Waals surface area (Å²) in [6.07, 6.45) is 0.968. The van der Waals surface area contributed by atoms with Crippen LogP contribution in [0, 0.1) is 0 Å². The molecule has 1 amide bonds. The lowest BCUT2D eigenvalue weighted by Gasteiger charge is -2.19. The smallest absolute Gasteiger partial charge is 0.325 e. The highest BCUT2D eigenvalue weighted by molar-refractivity contribution is 5.82. The van der Waals surface area contributed by atoms with Crippen molar-refractivity contribution in [1.29, 1.82) is 0 Å². The van der Waals surface area contributed by atoms with Crippen molar-refractivity contribution < 1.29 is 14.3 Å². The number of hydrogen-bond acceptors (Lipinski definition) is 4. The first-order valence-electron chi connectivity index (χ1n) is 6.25. The van der Waals surface area contributed by atoms with Crippen molar-refractivity contribution in [3.05, 3.63) is 29.8 Å². The monoisotopic (exact) mass is 264 g/mol. The third-order valence-electron chi connectivity index (χ3n) is 2.86. The van der Waals surface area contributed by atoms with Gasteiger partial charge in [0.05, 0.1) is 7.11 Å². The Labute approximate surface area is 113 Å². The molecule has 0 fully saturated rings. The van der Waals surface area contributed by atoms with Crippen LogP contribution in [0.5, 0.6) is 0 Å². The summed E-state index contributed by atoms with van der Waals surface area (Å²) in [5.41, 5.74) is 7.38. The number of nitrogens with zero attached hydrogens (tertiary/aromatic N) is 1.